The summed E-state index contributed by atoms with van der Waals surface area (Å²) >= 11 is 0. The molecule has 0 aliphatic heterocycles. The van der Waals surface area contributed by atoms with Crippen LogP contribution < -0.4 is 16.0 Å². The predicted octanol–water partition coefficient (Wildman–Crippen LogP) is 2.75. The van der Waals surface area contributed by atoms with E-state index in [0.717, 1.165) is 11.1 Å². The van der Waals surface area contributed by atoms with Crippen LogP contribution in [-0.4, -0.2) is 25.5 Å². The summed E-state index contributed by atoms with van der Waals surface area (Å²) in [6.45, 7) is 5.21. The number of aryl methyl sites for hydroxylation is 1. The Morgan fingerprint density at radius 1 is 1.04 bits per heavy atom. The van der Waals surface area contributed by atoms with E-state index in [2.05, 4.69) is 20.9 Å². The molecule has 0 spiro atoms. The van der Waals surface area contributed by atoms with Gasteiger partial charge in [-0.05, 0) is 48.7 Å². The average molecular weight is 356 g/mol. The van der Waals surface area contributed by atoms with Crippen molar-refractivity contribution in [3.8, 4) is 0 Å². The maximum absolute atomic E-state index is 13.6. The number of halogens is 1. The third kappa shape index (κ3) is 5.58. The standard InChI is InChI=1S/C20H25FN4O/c1-4-23-19(26)17-7-5-6-15(10-17)12-24-20(22-3)25-13-16-9-8-14(2)18(21)11-16/h5-11H,4,12-13H2,1-3H3,(H,23,26)(H2,22,24,25). The number of nitrogens with one attached hydrogen (secondary N) is 3. The monoisotopic (exact) mass is 356 g/mol. The fourth-order valence-corrected chi connectivity index (χ4v) is 2.42. The Balaban J connectivity index is 1.91. The maximum atomic E-state index is 13.6. The molecule has 26 heavy (non-hydrogen) atoms. The molecule has 0 aliphatic carbocycles. The number of hydrogen-bond acceptors (Lipinski definition) is 2. The molecule has 0 bridgehead atoms. The van der Waals surface area contributed by atoms with Crippen molar-refractivity contribution >= 4 is 11.9 Å². The van der Waals surface area contributed by atoms with Gasteiger partial charge in [-0.2, -0.15) is 0 Å². The Labute approximate surface area is 153 Å². The molecule has 2 rings (SSSR count). The molecule has 5 nitrogen and oxygen atoms in total. The van der Waals surface area contributed by atoms with E-state index in [1.807, 2.05) is 31.2 Å². The van der Waals surface area contributed by atoms with Gasteiger partial charge in [-0.15, -0.1) is 0 Å². The van der Waals surface area contributed by atoms with Crippen molar-refractivity contribution in [3.05, 3.63) is 70.5 Å². The van der Waals surface area contributed by atoms with Crippen LogP contribution in [0.25, 0.3) is 0 Å². The van der Waals surface area contributed by atoms with Crippen LogP contribution in [0.2, 0.25) is 0 Å². The number of guanidine groups is 1. The first-order chi connectivity index (χ1) is 12.5. The van der Waals surface area contributed by atoms with Crippen molar-refractivity contribution in [1.29, 1.82) is 0 Å². The summed E-state index contributed by atoms with van der Waals surface area (Å²) in [7, 11) is 1.68. The second-order valence-electron chi connectivity index (χ2n) is 5.92. The lowest BCUT2D eigenvalue weighted by Gasteiger charge is -2.13. The summed E-state index contributed by atoms with van der Waals surface area (Å²) < 4.78 is 13.6. The zero-order valence-corrected chi connectivity index (χ0v) is 15.4. The number of hydrogen-bond donors (Lipinski definition) is 3. The highest BCUT2D eigenvalue weighted by atomic mass is 19.1. The fourth-order valence-electron chi connectivity index (χ4n) is 2.42. The van der Waals surface area contributed by atoms with Gasteiger partial charge in [0.1, 0.15) is 5.82 Å². The minimum absolute atomic E-state index is 0.0849. The summed E-state index contributed by atoms with van der Waals surface area (Å²) in [5.41, 5.74) is 3.07. The quantitative estimate of drug-likeness (QED) is 0.551. The Morgan fingerprint density at radius 3 is 2.35 bits per heavy atom. The first-order valence-corrected chi connectivity index (χ1v) is 8.60. The zero-order valence-electron chi connectivity index (χ0n) is 15.4. The molecule has 0 heterocycles. The maximum Gasteiger partial charge on any atom is 0.251 e. The van der Waals surface area contributed by atoms with E-state index < -0.39 is 0 Å². The minimum atomic E-state index is -0.214. The highest BCUT2D eigenvalue weighted by Crippen LogP contribution is 2.09. The van der Waals surface area contributed by atoms with Crippen LogP contribution in [0.5, 0.6) is 0 Å². The first kappa shape index (κ1) is 19.4. The number of carbonyl (C=O) groups is 1. The van der Waals surface area contributed by atoms with Gasteiger partial charge in [0.25, 0.3) is 5.91 Å². The van der Waals surface area contributed by atoms with Crippen molar-refractivity contribution in [2.24, 2.45) is 4.99 Å². The molecule has 138 valence electrons. The summed E-state index contributed by atoms with van der Waals surface area (Å²) in [6.07, 6.45) is 0. The van der Waals surface area contributed by atoms with E-state index in [9.17, 15) is 9.18 Å². The second kappa shape index (κ2) is 9.56. The van der Waals surface area contributed by atoms with E-state index in [4.69, 9.17) is 0 Å². The highest BCUT2D eigenvalue weighted by molar-refractivity contribution is 5.94. The normalized spacial score (nSPS) is 11.2. The SMILES string of the molecule is CCNC(=O)c1cccc(CNC(=NC)NCc2ccc(C)c(F)c2)c1. The third-order valence-corrected chi connectivity index (χ3v) is 3.91. The third-order valence-electron chi connectivity index (χ3n) is 3.91. The molecule has 0 aromatic heterocycles. The van der Waals surface area contributed by atoms with Gasteiger partial charge in [0.2, 0.25) is 0 Å². The van der Waals surface area contributed by atoms with Gasteiger partial charge in [-0.1, -0.05) is 24.3 Å². The van der Waals surface area contributed by atoms with Gasteiger partial charge in [-0.3, -0.25) is 9.79 Å². The van der Waals surface area contributed by atoms with Crippen LogP contribution in [-0.2, 0) is 13.1 Å². The molecule has 0 saturated heterocycles. The summed E-state index contributed by atoms with van der Waals surface area (Å²) in [5.74, 6) is 0.307. The van der Waals surface area contributed by atoms with Crippen LogP contribution in [0.15, 0.2) is 47.5 Å². The van der Waals surface area contributed by atoms with Crippen molar-refractivity contribution in [2.75, 3.05) is 13.6 Å². The lowest BCUT2D eigenvalue weighted by molar-refractivity contribution is 0.0955. The van der Waals surface area contributed by atoms with Crippen molar-refractivity contribution in [3.63, 3.8) is 0 Å². The number of benzene rings is 2. The number of aliphatic imine (C=N–C) groups is 1. The predicted molar refractivity (Wildman–Crippen MR) is 103 cm³/mol. The topological polar surface area (TPSA) is 65.5 Å². The van der Waals surface area contributed by atoms with Crippen LogP contribution in [0.4, 0.5) is 4.39 Å². The van der Waals surface area contributed by atoms with Crippen LogP contribution in [0.1, 0.15) is 34.0 Å². The van der Waals surface area contributed by atoms with Gasteiger partial charge in [-0.25, -0.2) is 4.39 Å². The lowest BCUT2D eigenvalue weighted by atomic mass is 10.1. The lowest BCUT2D eigenvalue weighted by Crippen LogP contribution is -2.36. The molecule has 1 amide bonds. The molecule has 0 radical (unpaired) electrons. The molecule has 0 atom stereocenters. The summed E-state index contributed by atoms with van der Waals surface area (Å²) in [5, 5.41) is 9.13. The van der Waals surface area contributed by atoms with E-state index in [1.165, 1.54) is 6.07 Å². The van der Waals surface area contributed by atoms with Gasteiger partial charge in [0.15, 0.2) is 5.96 Å². The van der Waals surface area contributed by atoms with Gasteiger partial charge in [0.05, 0.1) is 0 Å². The molecule has 3 N–H and O–H groups in total. The minimum Gasteiger partial charge on any atom is -0.352 e. The molecule has 2 aromatic rings. The first-order valence-electron chi connectivity index (χ1n) is 8.60. The van der Waals surface area contributed by atoms with Crippen molar-refractivity contribution in [1.82, 2.24) is 16.0 Å². The van der Waals surface area contributed by atoms with E-state index in [0.29, 0.717) is 36.7 Å². The molecule has 6 heteroatoms. The molecule has 0 fully saturated rings. The molecular weight excluding hydrogens is 331 g/mol. The summed E-state index contributed by atoms with van der Waals surface area (Å²) in [4.78, 5) is 16.1. The Morgan fingerprint density at radius 2 is 1.73 bits per heavy atom. The van der Waals surface area contributed by atoms with E-state index in [1.54, 1.807) is 26.1 Å². The largest absolute Gasteiger partial charge is 0.352 e. The van der Waals surface area contributed by atoms with Gasteiger partial charge < -0.3 is 16.0 Å². The molecule has 0 saturated carbocycles. The van der Waals surface area contributed by atoms with Crippen LogP contribution in [0.3, 0.4) is 0 Å². The zero-order chi connectivity index (χ0) is 18.9. The molecular formula is C20H25FN4O. The number of rotatable bonds is 6. The number of amides is 1. The summed E-state index contributed by atoms with van der Waals surface area (Å²) in [6, 6.07) is 12.6. The van der Waals surface area contributed by atoms with E-state index >= 15 is 0 Å². The second-order valence-corrected chi connectivity index (χ2v) is 5.92. The number of carbonyl (C=O) groups excluding carboxylic acids is 1. The molecule has 0 unspecified atom stereocenters. The van der Waals surface area contributed by atoms with Crippen molar-refractivity contribution in [2.45, 2.75) is 26.9 Å². The van der Waals surface area contributed by atoms with Crippen LogP contribution >= 0.6 is 0 Å². The van der Waals surface area contributed by atoms with Crippen LogP contribution in [0, 0.1) is 12.7 Å². The Kier molecular flexibility index (Phi) is 7.14. The Bertz CT molecular complexity index is 789. The Hall–Kier alpha value is -2.89. The number of nitrogens with zero attached hydrogens (tertiary/aromatic N) is 1. The van der Waals surface area contributed by atoms with E-state index in [-0.39, 0.29) is 11.7 Å². The smallest absolute Gasteiger partial charge is 0.251 e. The fraction of sp³-hybridized carbons (Fsp3) is 0.300. The van der Waals surface area contributed by atoms with Gasteiger partial charge >= 0.3 is 0 Å². The molecule has 0 aliphatic rings. The highest BCUT2D eigenvalue weighted by Gasteiger charge is 2.06. The average Bonchev–Trinajstić information content (AvgIpc) is 2.65. The van der Waals surface area contributed by atoms with Crippen molar-refractivity contribution < 1.29 is 9.18 Å². The molecule has 2 aromatic carbocycles. The van der Waals surface area contributed by atoms with Gasteiger partial charge in [0, 0.05) is 32.2 Å².